The molecule has 3 rings (SSSR count). The summed E-state index contributed by atoms with van der Waals surface area (Å²) in [6.45, 7) is 0. The lowest BCUT2D eigenvalue weighted by Crippen LogP contribution is -1.82. The van der Waals surface area contributed by atoms with Gasteiger partial charge in [-0.05, 0) is 48.5 Å². The third-order valence-corrected chi connectivity index (χ3v) is 3.33. The number of benzene rings is 3. The van der Waals surface area contributed by atoms with Crippen LogP contribution >= 0.6 is 0 Å². The van der Waals surface area contributed by atoms with Crippen molar-refractivity contribution in [2.45, 2.75) is 0 Å². The zero-order valence-electron chi connectivity index (χ0n) is 13.6. The zero-order chi connectivity index (χ0) is 17.5. The minimum absolute atomic E-state index is 0.0644. The predicted molar refractivity (Wildman–Crippen MR) is 95.9 cm³/mol. The van der Waals surface area contributed by atoms with Gasteiger partial charge in [-0.25, -0.2) is 0 Å². The Kier molecular flexibility index (Phi) is 5.11. The Morgan fingerprint density at radius 3 is 1.68 bits per heavy atom. The number of azo groups is 2. The zero-order valence-corrected chi connectivity index (χ0v) is 13.6. The number of nitrogens with zero attached hydrogens (tertiary/aromatic N) is 4. The van der Waals surface area contributed by atoms with E-state index in [4.69, 9.17) is 4.74 Å². The lowest BCUT2D eigenvalue weighted by Gasteiger charge is -2.02. The van der Waals surface area contributed by atoms with Crippen molar-refractivity contribution < 1.29 is 9.84 Å². The van der Waals surface area contributed by atoms with Crippen molar-refractivity contribution in [3.63, 3.8) is 0 Å². The molecule has 0 unspecified atom stereocenters. The van der Waals surface area contributed by atoms with Gasteiger partial charge in [0.15, 0.2) is 11.5 Å². The average Bonchev–Trinajstić information content (AvgIpc) is 2.67. The van der Waals surface area contributed by atoms with Crippen molar-refractivity contribution in [3.8, 4) is 11.5 Å². The second-order valence-corrected chi connectivity index (χ2v) is 5.11. The summed E-state index contributed by atoms with van der Waals surface area (Å²) in [6.07, 6.45) is 0. The van der Waals surface area contributed by atoms with Gasteiger partial charge in [0.2, 0.25) is 0 Å². The first-order chi connectivity index (χ1) is 12.2. The van der Waals surface area contributed by atoms with Gasteiger partial charge < -0.3 is 9.84 Å². The highest BCUT2D eigenvalue weighted by atomic mass is 16.5. The minimum atomic E-state index is 0.0644. The number of hydrogen-bond acceptors (Lipinski definition) is 6. The smallest absolute Gasteiger partial charge is 0.162 e. The summed E-state index contributed by atoms with van der Waals surface area (Å²) in [6, 6.07) is 21.6. The molecule has 0 aliphatic rings. The Morgan fingerprint density at radius 2 is 1.12 bits per heavy atom. The lowest BCUT2D eigenvalue weighted by molar-refractivity contribution is 0.373. The lowest BCUT2D eigenvalue weighted by atomic mass is 10.3. The van der Waals surface area contributed by atoms with Crippen LogP contribution in [0.15, 0.2) is 93.3 Å². The molecule has 0 bridgehead atoms. The summed E-state index contributed by atoms with van der Waals surface area (Å²) >= 11 is 0. The van der Waals surface area contributed by atoms with Crippen LogP contribution < -0.4 is 4.74 Å². The van der Waals surface area contributed by atoms with Gasteiger partial charge in [0.1, 0.15) is 0 Å². The third kappa shape index (κ3) is 4.48. The van der Waals surface area contributed by atoms with Gasteiger partial charge in [-0.1, -0.05) is 18.2 Å². The number of aromatic hydroxyl groups is 1. The number of ether oxygens (including phenoxy) is 1. The van der Waals surface area contributed by atoms with Crippen molar-refractivity contribution in [1.29, 1.82) is 0 Å². The van der Waals surface area contributed by atoms with E-state index in [9.17, 15) is 5.11 Å². The standard InChI is InChI=1S/C19H16N4O2/c1-25-19-13-17(11-12-18(19)24)23-22-16-9-7-15(8-10-16)21-20-14-5-3-2-4-6-14/h2-13,24H,1H3. The van der Waals surface area contributed by atoms with Crippen molar-refractivity contribution in [2.24, 2.45) is 20.5 Å². The summed E-state index contributed by atoms with van der Waals surface area (Å²) in [7, 11) is 1.48. The summed E-state index contributed by atoms with van der Waals surface area (Å²) in [4.78, 5) is 0. The predicted octanol–water partition coefficient (Wildman–Crippen LogP) is 6.23. The molecule has 3 aromatic rings. The van der Waals surface area contributed by atoms with Gasteiger partial charge in [-0.2, -0.15) is 20.5 Å². The molecule has 0 amide bonds. The Balaban J connectivity index is 1.69. The molecule has 0 aromatic heterocycles. The van der Waals surface area contributed by atoms with Gasteiger partial charge in [0.25, 0.3) is 0 Å². The molecule has 124 valence electrons. The number of methoxy groups -OCH3 is 1. The maximum atomic E-state index is 9.57. The molecule has 0 atom stereocenters. The third-order valence-electron chi connectivity index (χ3n) is 3.33. The minimum Gasteiger partial charge on any atom is -0.504 e. The number of hydrogen-bond donors (Lipinski definition) is 1. The van der Waals surface area contributed by atoms with E-state index in [0.29, 0.717) is 17.1 Å². The molecule has 1 N–H and O–H groups in total. The highest BCUT2D eigenvalue weighted by molar-refractivity contribution is 5.52. The Morgan fingerprint density at radius 1 is 0.640 bits per heavy atom. The summed E-state index contributed by atoms with van der Waals surface area (Å²) in [5, 5.41) is 26.2. The van der Waals surface area contributed by atoms with Gasteiger partial charge in [0.05, 0.1) is 29.9 Å². The van der Waals surface area contributed by atoms with E-state index in [0.717, 1.165) is 11.4 Å². The van der Waals surface area contributed by atoms with E-state index in [-0.39, 0.29) is 5.75 Å². The summed E-state index contributed by atoms with van der Waals surface area (Å²) in [5.74, 6) is 0.419. The van der Waals surface area contributed by atoms with Crippen molar-refractivity contribution >= 4 is 22.7 Å². The second kappa shape index (κ2) is 7.83. The van der Waals surface area contributed by atoms with Crippen LogP contribution in [0, 0.1) is 0 Å². The van der Waals surface area contributed by atoms with E-state index in [1.807, 2.05) is 42.5 Å². The first kappa shape index (κ1) is 16.3. The van der Waals surface area contributed by atoms with Gasteiger partial charge in [0, 0.05) is 6.07 Å². The summed E-state index contributed by atoms with van der Waals surface area (Å²) < 4.78 is 5.04. The van der Waals surface area contributed by atoms with E-state index in [1.165, 1.54) is 13.2 Å². The van der Waals surface area contributed by atoms with Crippen LogP contribution in [-0.2, 0) is 0 Å². The highest BCUT2D eigenvalue weighted by Crippen LogP contribution is 2.31. The SMILES string of the molecule is COc1cc(N=Nc2ccc(N=Nc3ccccc3)cc2)ccc1O. The molecule has 0 spiro atoms. The average molecular weight is 332 g/mol. The van der Waals surface area contributed by atoms with Crippen LogP contribution in [0.25, 0.3) is 0 Å². The Bertz CT molecular complexity index is 891. The first-order valence-corrected chi connectivity index (χ1v) is 7.60. The maximum absolute atomic E-state index is 9.57. The molecular weight excluding hydrogens is 316 g/mol. The highest BCUT2D eigenvalue weighted by Gasteiger charge is 2.01. The molecule has 0 radical (unpaired) electrons. The van der Waals surface area contributed by atoms with Crippen LogP contribution in [0.4, 0.5) is 22.7 Å². The molecule has 0 aliphatic carbocycles. The number of phenolic OH excluding ortho intramolecular Hbond substituents is 1. The monoisotopic (exact) mass is 332 g/mol. The van der Waals surface area contributed by atoms with Crippen molar-refractivity contribution in [2.75, 3.05) is 7.11 Å². The number of phenols is 1. The molecule has 25 heavy (non-hydrogen) atoms. The van der Waals surface area contributed by atoms with Crippen molar-refractivity contribution in [3.05, 3.63) is 72.8 Å². The second-order valence-electron chi connectivity index (χ2n) is 5.11. The fourth-order valence-corrected chi connectivity index (χ4v) is 2.04. The summed E-state index contributed by atoms with van der Waals surface area (Å²) in [5.41, 5.74) is 2.80. The molecular formula is C19H16N4O2. The Hall–Kier alpha value is -3.54. The van der Waals surface area contributed by atoms with E-state index >= 15 is 0 Å². The molecule has 6 heteroatoms. The van der Waals surface area contributed by atoms with Gasteiger partial charge >= 0.3 is 0 Å². The molecule has 3 aromatic carbocycles. The quantitative estimate of drug-likeness (QED) is 0.562. The van der Waals surface area contributed by atoms with E-state index in [2.05, 4.69) is 20.5 Å². The topological polar surface area (TPSA) is 78.9 Å². The van der Waals surface area contributed by atoms with Crippen LogP contribution in [0.1, 0.15) is 0 Å². The fraction of sp³-hybridized carbons (Fsp3) is 0.0526. The normalized spacial score (nSPS) is 11.2. The molecule has 0 heterocycles. The molecule has 0 saturated heterocycles. The van der Waals surface area contributed by atoms with Crippen LogP contribution in [0.3, 0.4) is 0 Å². The van der Waals surface area contributed by atoms with Gasteiger partial charge in [-0.15, -0.1) is 0 Å². The molecule has 0 saturated carbocycles. The van der Waals surface area contributed by atoms with Crippen molar-refractivity contribution in [1.82, 2.24) is 0 Å². The molecule has 6 nitrogen and oxygen atoms in total. The first-order valence-electron chi connectivity index (χ1n) is 7.60. The van der Waals surface area contributed by atoms with E-state index in [1.54, 1.807) is 24.3 Å². The van der Waals surface area contributed by atoms with Crippen LogP contribution in [-0.4, -0.2) is 12.2 Å². The molecule has 0 fully saturated rings. The molecule has 0 aliphatic heterocycles. The fourth-order valence-electron chi connectivity index (χ4n) is 2.04. The van der Waals surface area contributed by atoms with Crippen LogP contribution in [0.5, 0.6) is 11.5 Å². The number of rotatable bonds is 5. The largest absolute Gasteiger partial charge is 0.504 e. The maximum Gasteiger partial charge on any atom is 0.162 e. The van der Waals surface area contributed by atoms with Gasteiger partial charge in [-0.3, -0.25) is 0 Å². The van der Waals surface area contributed by atoms with Crippen LogP contribution in [0.2, 0.25) is 0 Å². The van der Waals surface area contributed by atoms with E-state index < -0.39 is 0 Å². The Labute approximate surface area is 145 Å².